The summed E-state index contributed by atoms with van der Waals surface area (Å²) in [6, 6.07) is 15.2. The van der Waals surface area contributed by atoms with Crippen LogP contribution in [0.25, 0.3) is 0 Å². The van der Waals surface area contributed by atoms with Crippen LogP contribution in [0.2, 0.25) is 0 Å². The summed E-state index contributed by atoms with van der Waals surface area (Å²) in [5.41, 5.74) is 2.42. The van der Waals surface area contributed by atoms with E-state index in [0.29, 0.717) is 30.9 Å². The first kappa shape index (κ1) is 26.1. The molecule has 1 amide bonds. The molecule has 2 unspecified atom stereocenters. The molecule has 0 radical (unpaired) electrons. The van der Waals surface area contributed by atoms with Crippen LogP contribution in [0, 0.1) is 6.92 Å². The highest BCUT2D eigenvalue weighted by Crippen LogP contribution is 2.19. The van der Waals surface area contributed by atoms with E-state index < -0.39 is 0 Å². The summed E-state index contributed by atoms with van der Waals surface area (Å²) in [6.45, 7) is 6.81. The van der Waals surface area contributed by atoms with Crippen molar-refractivity contribution in [3.63, 3.8) is 0 Å². The number of anilines is 1. The zero-order chi connectivity index (χ0) is 22.1. The third-order valence-corrected chi connectivity index (χ3v) is 5.63. The molecule has 1 aliphatic heterocycles. The van der Waals surface area contributed by atoms with Crippen molar-refractivity contribution in [2.24, 2.45) is 4.99 Å². The molecule has 32 heavy (non-hydrogen) atoms. The minimum Gasteiger partial charge on any atom is -0.356 e. The molecule has 3 N–H and O–H groups in total. The van der Waals surface area contributed by atoms with Gasteiger partial charge in [0.15, 0.2) is 5.96 Å². The number of guanidine groups is 1. The molecule has 0 saturated carbocycles. The molecule has 2 atom stereocenters. The number of carbonyl (C=O) groups excluding carboxylic acids is 1. The number of aryl methyl sites for hydroxylation is 1. The summed E-state index contributed by atoms with van der Waals surface area (Å²) >= 11 is 0. The van der Waals surface area contributed by atoms with Crippen molar-refractivity contribution >= 4 is 41.7 Å². The van der Waals surface area contributed by atoms with E-state index in [1.807, 2.05) is 19.1 Å². The molecule has 1 aliphatic rings. The second-order valence-electron chi connectivity index (χ2n) is 8.19. The van der Waals surface area contributed by atoms with Crippen molar-refractivity contribution in [2.45, 2.75) is 51.7 Å². The first-order chi connectivity index (χ1) is 15.0. The molecule has 0 aliphatic carbocycles. The Morgan fingerprint density at radius 1 is 1.22 bits per heavy atom. The summed E-state index contributed by atoms with van der Waals surface area (Å²) in [5.74, 6) is 1.26. The van der Waals surface area contributed by atoms with E-state index in [1.54, 1.807) is 13.2 Å². The lowest BCUT2D eigenvalue weighted by Crippen LogP contribution is -2.51. The number of rotatable bonds is 7. The van der Waals surface area contributed by atoms with Crippen LogP contribution < -0.4 is 16.0 Å². The predicted molar refractivity (Wildman–Crippen MR) is 141 cm³/mol. The van der Waals surface area contributed by atoms with Gasteiger partial charge in [-0.05, 0) is 43.9 Å². The first-order valence-electron chi connectivity index (χ1n) is 11.0. The summed E-state index contributed by atoms with van der Waals surface area (Å²) < 4.78 is 0. The van der Waals surface area contributed by atoms with E-state index in [9.17, 15) is 4.79 Å². The van der Waals surface area contributed by atoms with Crippen LogP contribution in [0.1, 0.15) is 37.3 Å². The number of likely N-dealkylation sites (tertiary alicyclic amines) is 1. The van der Waals surface area contributed by atoms with E-state index >= 15 is 0 Å². The molecular weight excluding hydrogens is 515 g/mol. The predicted octanol–water partition coefficient (Wildman–Crippen LogP) is 3.55. The molecule has 1 saturated heterocycles. The molecular formula is C24H35IN6O. The summed E-state index contributed by atoms with van der Waals surface area (Å²) in [5, 5.41) is 9.59. The van der Waals surface area contributed by atoms with Crippen LogP contribution in [0.15, 0.2) is 53.7 Å². The van der Waals surface area contributed by atoms with Gasteiger partial charge in [-0.3, -0.25) is 14.7 Å². The largest absolute Gasteiger partial charge is 0.356 e. The van der Waals surface area contributed by atoms with Crippen molar-refractivity contribution in [3.8, 4) is 0 Å². The van der Waals surface area contributed by atoms with Gasteiger partial charge in [-0.1, -0.05) is 36.4 Å². The number of benzene rings is 1. The number of amides is 1. The Kier molecular flexibility index (Phi) is 10.9. The number of carbonyl (C=O) groups is 1. The van der Waals surface area contributed by atoms with Crippen molar-refractivity contribution in [1.29, 1.82) is 0 Å². The van der Waals surface area contributed by atoms with Gasteiger partial charge < -0.3 is 16.0 Å². The average molecular weight is 550 g/mol. The van der Waals surface area contributed by atoms with Gasteiger partial charge in [0, 0.05) is 51.4 Å². The fourth-order valence-electron chi connectivity index (χ4n) is 3.83. The number of aliphatic imine (C=N–C) groups is 1. The number of piperidine rings is 1. The molecule has 3 rings (SSSR count). The van der Waals surface area contributed by atoms with E-state index in [-0.39, 0.29) is 29.9 Å². The van der Waals surface area contributed by atoms with Crippen molar-refractivity contribution in [1.82, 2.24) is 20.5 Å². The normalized spacial score (nSPS) is 19.0. The van der Waals surface area contributed by atoms with Crippen LogP contribution in [0.3, 0.4) is 0 Å². The van der Waals surface area contributed by atoms with Gasteiger partial charge in [0.25, 0.3) is 0 Å². The number of halogens is 1. The number of nitrogens with one attached hydrogen (secondary N) is 3. The second-order valence-corrected chi connectivity index (χ2v) is 8.19. The molecule has 0 spiro atoms. The monoisotopic (exact) mass is 550 g/mol. The maximum atomic E-state index is 12.1. The van der Waals surface area contributed by atoms with Crippen LogP contribution >= 0.6 is 24.0 Å². The number of pyridine rings is 1. The van der Waals surface area contributed by atoms with Crippen LogP contribution in [-0.4, -0.2) is 54.0 Å². The van der Waals surface area contributed by atoms with Gasteiger partial charge >= 0.3 is 0 Å². The van der Waals surface area contributed by atoms with E-state index in [4.69, 9.17) is 0 Å². The third-order valence-electron chi connectivity index (χ3n) is 5.63. The lowest BCUT2D eigenvalue weighted by molar-refractivity contribution is -0.116. The fraction of sp³-hybridized carbons (Fsp3) is 0.458. The van der Waals surface area contributed by atoms with Gasteiger partial charge in [0.2, 0.25) is 5.91 Å². The summed E-state index contributed by atoms with van der Waals surface area (Å²) in [7, 11) is 1.76. The molecule has 1 fully saturated rings. The molecule has 7 nitrogen and oxygen atoms in total. The molecule has 2 aromatic rings. The molecule has 8 heteroatoms. The Balaban J connectivity index is 0.00000363. The number of nitrogens with zero attached hydrogens (tertiary/aromatic N) is 3. The molecule has 1 aromatic carbocycles. The van der Waals surface area contributed by atoms with Crippen LogP contribution in [-0.2, 0) is 11.3 Å². The minimum absolute atomic E-state index is 0. The maximum Gasteiger partial charge on any atom is 0.227 e. The third kappa shape index (κ3) is 8.38. The average Bonchev–Trinajstić information content (AvgIpc) is 2.77. The topological polar surface area (TPSA) is 81.6 Å². The van der Waals surface area contributed by atoms with Crippen LogP contribution in [0.4, 0.5) is 5.82 Å². The Bertz CT molecular complexity index is 859. The minimum atomic E-state index is -0.0675. The molecule has 0 bridgehead atoms. The Morgan fingerprint density at radius 2 is 2.00 bits per heavy atom. The number of hydrogen-bond acceptors (Lipinski definition) is 4. The zero-order valence-corrected chi connectivity index (χ0v) is 21.5. The standard InChI is InChI=1S/C24H34N6O.HI/c1-18-9-10-22(27-16-18)29-23(31)11-13-26-24(25-3)28-21-12-14-30(19(2)15-21)17-20-7-5-4-6-8-20;/h4-10,16,19,21H,11-15,17H2,1-3H3,(H2,25,26,28)(H,27,29,31);1H. The summed E-state index contributed by atoms with van der Waals surface area (Å²) in [4.78, 5) is 23.2. The van der Waals surface area contributed by atoms with Crippen LogP contribution in [0.5, 0.6) is 0 Å². The fourth-order valence-corrected chi connectivity index (χ4v) is 3.83. The summed E-state index contributed by atoms with van der Waals surface area (Å²) in [6.07, 6.45) is 4.22. The van der Waals surface area contributed by atoms with Gasteiger partial charge in [0.05, 0.1) is 0 Å². The van der Waals surface area contributed by atoms with Gasteiger partial charge in [-0.15, -0.1) is 24.0 Å². The number of aromatic nitrogens is 1. The van der Waals surface area contributed by atoms with Crippen molar-refractivity contribution in [3.05, 3.63) is 59.8 Å². The smallest absolute Gasteiger partial charge is 0.227 e. The lowest BCUT2D eigenvalue weighted by atomic mass is 9.97. The first-order valence-corrected chi connectivity index (χ1v) is 11.0. The van der Waals surface area contributed by atoms with Gasteiger partial charge in [-0.25, -0.2) is 4.98 Å². The van der Waals surface area contributed by atoms with Gasteiger partial charge in [0.1, 0.15) is 5.82 Å². The maximum absolute atomic E-state index is 12.1. The van der Waals surface area contributed by atoms with Gasteiger partial charge in [-0.2, -0.15) is 0 Å². The highest BCUT2D eigenvalue weighted by Gasteiger charge is 2.25. The molecule has 1 aromatic heterocycles. The highest BCUT2D eigenvalue weighted by molar-refractivity contribution is 14.0. The lowest BCUT2D eigenvalue weighted by Gasteiger charge is -2.38. The van der Waals surface area contributed by atoms with E-state index in [2.05, 4.69) is 68.1 Å². The Morgan fingerprint density at radius 3 is 2.66 bits per heavy atom. The van der Waals surface area contributed by atoms with Crippen molar-refractivity contribution < 1.29 is 4.79 Å². The highest BCUT2D eigenvalue weighted by atomic mass is 127. The number of hydrogen-bond donors (Lipinski definition) is 3. The molecule has 2 heterocycles. The zero-order valence-electron chi connectivity index (χ0n) is 19.2. The van der Waals surface area contributed by atoms with E-state index in [1.165, 1.54) is 5.56 Å². The van der Waals surface area contributed by atoms with E-state index in [0.717, 1.165) is 37.5 Å². The molecule has 174 valence electrons. The second kappa shape index (κ2) is 13.4. The SMILES string of the molecule is CN=C(NCCC(=O)Nc1ccc(C)cn1)NC1CCN(Cc2ccccc2)C(C)C1.I. The Hall–Kier alpha value is -2.20. The van der Waals surface area contributed by atoms with Crippen molar-refractivity contribution in [2.75, 3.05) is 25.5 Å². The quantitative estimate of drug-likeness (QED) is 0.279. The Labute approximate surface area is 208 Å².